The highest BCUT2D eigenvalue weighted by atomic mass is 19.4. The van der Waals surface area contributed by atoms with Crippen LogP contribution in [0.4, 0.5) is 23.7 Å². The number of nitrogens with one attached hydrogen (secondary N) is 1. The fourth-order valence-electron chi connectivity index (χ4n) is 1.52. The van der Waals surface area contributed by atoms with E-state index in [0.717, 1.165) is 17.0 Å². The summed E-state index contributed by atoms with van der Waals surface area (Å²) in [5.74, 6) is -0.615. The first-order valence-corrected chi connectivity index (χ1v) is 6.08. The molecule has 0 atom stereocenters. The third-order valence-electron chi connectivity index (χ3n) is 2.66. The van der Waals surface area contributed by atoms with E-state index >= 15 is 0 Å². The lowest BCUT2D eigenvalue weighted by atomic mass is 10.2. The van der Waals surface area contributed by atoms with Crippen molar-refractivity contribution in [2.75, 3.05) is 25.5 Å². The summed E-state index contributed by atoms with van der Waals surface area (Å²) in [5.41, 5.74) is -0.866. The quantitative estimate of drug-likeness (QED) is 0.870. The van der Waals surface area contributed by atoms with Crippen molar-refractivity contribution in [1.29, 1.82) is 0 Å². The van der Waals surface area contributed by atoms with Crippen LogP contribution in [-0.2, 0) is 15.7 Å². The minimum absolute atomic E-state index is 0.00172. The first kappa shape index (κ1) is 16.8. The van der Waals surface area contributed by atoms with Crippen molar-refractivity contribution in [1.82, 2.24) is 4.90 Å². The molecule has 0 heterocycles. The van der Waals surface area contributed by atoms with E-state index in [9.17, 15) is 22.8 Å². The van der Waals surface area contributed by atoms with Crippen molar-refractivity contribution >= 4 is 17.7 Å². The predicted octanol–water partition coefficient (Wildman–Crippen LogP) is 2.73. The van der Waals surface area contributed by atoms with Crippen molar-refractivity contribution in [2.45, 2.75) is 13.1 Å². The number of carbonyl (C=O) groups is 2. The van der Waals surface area contributed by atoms with Gasteiger partial charge in [-0.3, -0.25) is 4.79 Å². The molecule has 0 fully saturated rings. The zero-order valence-corrected chi connectivity index (χ0v) is 11.5. The molecule has 1 N–H and O–H groups in total. The van der Waals surface area contributed by atoms with Gasteiger partial charge in [0.2, 0.25) is 0 Å². The van der Waals surface area contributed by atoms with Crippen LogP contribution in [0.3, 0.4) is 0 Å². The molecule has 0 saturated carbocycles. The van der Waals surface area contributed by atoms with Gasteiger partial charge in [0, 0.05) is 12.2 Å². The number of urea groups is 1. The number of hydrogen-bond donors (Lipinski definition) is 1. The average Bonchev–Trinajstić information content (AvgIpc) is 2.43. The van der Waals surface area contributed by atoms with Gasteiger partial charge in [-0.05, 0) is 25.1 Å². The number of rotatable bonds is 4. The number of alkyl halides is 3. The fraction of sp³-hybridized carbons (Fsp3) is 0.385. The van der Waals surface area contributed by atoms with Gasteiger partial charge in [0.15, 0.2) is 0 Å². The molecule has 8 heteroatoms. The molecular formula is C13H15F3N2O3. The van der Waals surface area contributed by atoms with Crippen molar-refractivity contribution in [3.63, 3.8) is 0 Å². The number of hydrogen-bond acceptors (Lipinski definition) is 3. The minimum atomic E-state index is -4.49. The molecule has 0 aliphatic carbocycles. The van der Waals surface area contributed by atoms with E-state index in [1.165, 1.54) is 19.2 Å². The van der Waals surface area contributed by atoms with E-state index in [1.54, 1.807) is 6.92 Å². The third-order valence-corrected chi connectivity index (χ3v) is 2.66. The zero-order valence-electron chi connectivity index (χ0n) is 11.5. The molecule has 0 aliphatic heterocycles. The summed E-state index contributed by atoms with van der Waals surface area (Å²) >= 11 is 0. The maximum atomic E-state index is 12.6. The summed E-state index contributed by atoms with van der Waals surface area (Å²) in [5, 5.41) is 2.31. The lowest BCUT2D eigenvalue weighted by Gasteiger charge is -2.20. The fourth-order valence-corrected chi connectivity index (χ4v) is 1.52. The molecule has 2 amide bonds. The lowest BCUT2D eigenvalue weighted by molar-refractivity contribution is -0.141. The summed E-state index contributed by atoms with van der Waals surface area (Å²) in [6, 6.07) is 3.57. The van der Waals surface area contributed by atoms with Crippen LogP contribution in [0.25, 0.3) is 0 Å². The van der Waals surface area contributed by atoms with Crippen LogP contribution in [0, 0.1) is 0 Å². The van der Waals surface area contributed by atoms with Crippen molar-refractivity contribution in [2.24, 2.45) is 0 Å². The predicted molar refractivity (Wildman–Crippen MR) is 69.7 cm³/mol. The van der Waals surface area contributed by atoms with Crippen LogP contribution in [0.2, 0.25) is 0 Å². The standard InChI is InChI=1S/C13H15F3N2O3/c1-3-18(8-11(19)21-2)12(20)17-10-6-4-5-9(7-10)13(14,15)16/h4-7H,3,8H2,1-2H3,(H,17,20). The van der Waals surface area contributed by atoms with Gasteiger partial charge in [-0.15, -0.1) is 0 Å². The monoisotopic (exact) mass is 304 g/mol. The molecule has 0 radical (unpaired) electrons. The second-order valence-corrected chi connectivity index (χ2v) is 4.10. The van der Waals surface area contributed by atoms with Gasteiger partial charge in [-0.25, -0.2) is 4.79 Å². The van der Waals surface area contributed by atoms with Gasteiger partial charge in [-0.2, -0.15) is 13.2 Å². The molecule has 1 aromatic rings. The highest BCUT2D eigenvalue weighted by Gasteiger charge is 2.30. The Morgan fingerprint density at radius 2 is 2.00 bits per heavy atom. The smallest absolute Gasteiger partial charge is 0.416 e. The van der Waals surface area contributed by atoms with Gasteiger partial charge in [0.1, 0.15) is 6.54 Å². The second-order valence-electron chi connectivity index (χ2n) is 4.10. The van der Waals surface area contributed by atoms with Gasteiger partial charge < -0.3 is 15.0 Å². The minimum Gasteiger partial charge on any atom is -0.468 e. The number of amides is 2. The Kier molecular flexibility index (Phi) is 5.57. The largest absolute Gasteiger partial charge is 0.468 e. The van der Waals surface area contributed by atoms with E-state index in [1.807, 2.05) is 0 Å². The summed E-state index contributed by atoms with van der Waals surface area (Å²) in [7, 11) is 1.18. The number of anilines is 1. The Hall–Kier alpha value is -2.25. The summed E-state index contributed by atoms with van der Waals surface area (Å²) in [6.07, 6.45) is -4.49. The molecule has 0 spiro atoms. The van der Waals surface area contributed by atoms with Crippen molar-refractivity contribution in [3.05, 3.63) is 29.8 Å². The summed E-state index contributed by atoms with van der Waals surface area (Å²) in [4.78, 5) is 24.1. The Morgan fingerprint density at radius 3 is 2.52 bits per heavy atom. The molecule has 1 aromatic carbocycles. The highest BCUT2D eigenvalue weighted by molar-refractivity contribution is 5.91. The first-order chi connectivity index (χ1) is 9.77. The number of carbonyl (C=O) groups excluding carboxylic acids is 2. The Balaban J connectivity index is 2.80. The Morgan fingerprint density at radius 1 is 1.33 bits per heavy atom. The molecule has 0 aromatic heterocycles. The Bertz CT molecular complexity index is 518. The van der Waals surface area contributed by atoms with Crippen LogP contribution in [0.15, 0.2) is 24.3 Å². The molecule has 0 bridgehead atoms. The zero-order chi connectivity index (χ0) is 16.0. The highest BCUT2D eigenvalue weighted by Crippen LogP contribution is 2.30. The first-order valence-electron chi connectivity index (χ1n) is 6.08. The molecule has 0 aliphatic rings. The van der Waals surface area contributed by atoms with Gasteiger partial charge in [0.05, 0.1) is 12.7 Å². The van der Waals surface area contributed by atoms with E-state index < -0.39 is 23.7 Å². The molecular weight excluding hydrogens is 289 g/mol. The van der Waals surface area contributed by atoms with E-state index in [0.29, 0.717) is 0 Å². The number of likely N-dealkylation sites (N-methyl/N-ethyl adjacent to an activating group) is 1. The number of halogens is 3. The van der Waals surface area contributed by atoms with Crippen LogP contribution in [0.5, 0.6) is 0 Å². The maximum Gasteiger partial charge on any atom is 0.416 e. The second kappa shape index (κ2) is 6.96. The Labute approximate surface area is 119 Å². The normalized spacial score (nSPS) is 10.9. The van der Waals surface area contributed by atoms with Crippen LogP contribution in [-0.4, -0.2) is 37.1 Å². The molecule has 5 nitrogen and oxygen atoms in total. The number of benzene rings is 1. The average molecular weight is 304 g/mol. The maximum absolute atomic E-state index is 12.6. The number of nitrogens with zero attached hydrogens (tertiary/aromatic N) is 1. The van der Waals surface area contributed by atoms with E-state index in [-0.39, 0.29) is 18.8 Å². The number of methoxy groups -OCH3 is 1. The van der Waals surface area contributed by atoms with E-state index in [4.69, 9.17) is 0 Å². The number of esters is 1. The summed E-state index contributed by atoms with van der Waals surface area (Å²) < 4.78 is 42.1. The molecule has 0 unspecified atom stereocenters. The molecule has 21 heavy (non-hydrogen) atoms. The lowest BCUT2D eigenvalue weighted by Crippen LogP contribution is -2.39. The SMILES string of the molecule is CCN(CC(=O)OC)C(=O)Nc1cccc(C(F)(F)F)c1. The topological polar surface area (TPSA) is 58.6 Å². The van der Waals surface area contributed by atoms with Gasteiger partial charge >= 0.3 is 18.2 Å². The molecule has 1 rings (SSSR count). The van der Waals surface area contributed by atoms with Crippen LogP contribution in [0.1, 0.15) is 12.5 Å². The van der Waals surface area contributed by atoms with Gasteiger partial charge in [0.25, 0.3) is 0 Å². The van der Waals surface area contributed by atoms with E-state index in [2.05, 4.69) is 10.1 Å². The van der Waals surface area contributed by atoms with Crippen molar-refractivity contribution in [3.8, 4) is 0 Å². The van der Waals surface area contributed by atoms with Gasteiger partial charge in [-0.1, -0.05) is 6.07 Å². The molecule has 0 saturated heterocycles. The summed E-state index contributed by atoms with van der Waals surface area (Å²) in [6.45, 7) is 1.56. The van der Waals surface area contributed by atoms with Crippen molar-refractivity contribution < 1.29 is 27.5 Å². The molecule has 116 valence electrons. The number of ether oxygens (including phenoxy) is 1. The third kappa shape index (κ3) is 4.97. The van der Waals surface area contributed by atoms with Crippen LogP contribution < -0.4 is 5.32 Å². The van der Waals surface area contributed by atoms with Crippen LogP contribution >= 0.6 is 0 Å².